The van der Waals surface area contributed by atoms with Crippen molar-refractivity contribution in [2.45, 2.75) is 52.5 Å². The molecule has 1 aromatic carbocycles. The molecule has 0 aromatic heterocycles. The van der Waals surface area contributed by atoms with Crippen LogP contribution in [0.1, 0.15) is 44.7 Å². The Morgan fingerprint density at radius 3 is 2.22 bits per heavy atom. The predicted molar refractivity (Wildman–Crippen MR) is 76.7 cm³/mol. The van der Waals surface area contributed by atoms with Crippen LogP contribution in [0.15, 0.2) is 24.3 Å². The maximum atomic E-state index is 12.0. The van der Waals surface area contributed by atoms with E-state index in [9.17, 15) is 4.79 Å². The van der Waals surface area contributed by atoms with Crippen LogP contribution in [0.25, 0.3) is 0 Å². The Hall–Kier alpha value is -1.31. The lowest BCUT2D eigenvalue weighted by Gasteiger charge is -2.23. The number of nitrogens with zero attached hydrogens (tertiary/aromatic N) is 1. The van der Waals surface area contributed by atoms with E-state index in [0.29, 0.717) is 12.5 Å². The Balaban J connectivity index is 2.46. The minimum atomic E-state index is 0.240. The van der Waals surface area contributed by atoms with Gasteiger partial charge < -0.3 is 4.90 Å². The predicted octanol–water partition coefficient (Wildman–Crippen LogP) is 3.44. The van der Waals surface area contributed by atoms with Gasteiger partial charge in [-0.2, -0.15) is 0 Å². The molecule has 100 valence electrons. The van der Waals surface area contributed by atoms with E-state index in [-0.39, 0.29) is 5.91 Å². The van der Waals surface area contributed by atoms with Crippen molar-refractivity contribution in [1.82, 2.24) is 4.90 Å². The van der Waals surface area contributed by atoms with Crippen molar-refractivity contribution in [3.63, 3.8) is 0 Å². The molecule has 0 heterocycles. The Labute approximate surface area is 111 Å². The maximum Gasteiger partial charge on any atom is 0.222 e. The van der Waals surface area contributed by atoms with Crippen LogP contribution in [0.5, 0.6) is 0 Å². The van der Waals surface area contributed by atoms with E-state index in [1.165, 1.54) is 11.1 Å². The van der Waals surface area contributed by atoms with Gasteiger partial charge in [0.25, 0.3) is 0 Å². The van der Waals surface area contributed by atoms with E-state index in [0.717, 1.165) is 19.3 Å². The Morgan fingerprint density at radius 2 is 1.72 bits per heavy atom. The standard InChI is InChI=1S/C16H25NO/c1-5-13(3)17(4)16(18)12-11-15-9-7-14(6-2)8-10-15/h7-10,13H,5-6,11-12H2,1-4H3. The molecular weight excluding hydrogens is 222 g/mol. The zero-order chi connectivity index (χ0) is 13.5. The molecular formula is C16H25NO. The molecule has 1 rings (SSSR count). The highest BCUT2D eigenvalue weighted by Crippen LogP contribution is 2.09. The van der Waals surface area contributed by atoms with Crippen LogP contribution in [-0.2, 0) is 17.6 Å². The zero-order valence-corrected chi connectivity index (χ0v) is 12.1. The molecule has 0 N–H and O–H groups in total. The summed E-state index contributed by atoms with van der Waals surface area (Å²) in [5, 5.41) is 0. The molecule has 0 aliphatic heterocycles. The highest BCUT2D eigenvalue weighted by molar-refractivity contribution is 5.76. The molecule has 0 saturated carbocycles. The largest absolute Gasteiger partial charge is 0.343 e. The van der Waals surface area contributed by atoms with Crippen LogP contribution in [0.4, 0.5) is 0 Å². The van der Waals surface area contributed by atoms with Gasteiger partial charge in [0.05, 0.1) is 0 Å². The van der Waals surface area contributed by atoms with Gasteiger partial charge in [-0.15, -0.1) is 0 Å². The molecule has 1 unspecified atom stereocenters. The van der Waals surface area contributed by atoms with Gasteiger partial charge in [0.2, 0.25) is 5.91 Å². The van der Waals surface area contributed by atoms with Crippen molar-refractivity contribution in [2.24, 2.45) is 0 Å². The van der Waals surface area contributed by atoms with Crippen LogP contribution in [0, 0.1) is 0 Å². The van der Waals surface area contributed by atoms with Crippen LogP contribution in [0.3, 0.4) is 0 Å². The smallest absolute Gasteiger partial charge is 0.222 e. The fraction of sp³-hybridized carbons (Fsp3) is 0.562. The molecule has 1 aromatic rings. The average molecular weight is 247 g/mol. The molecule has 0 fully saturated rings. The van der Waals surface area contributed by atoms with E-state index in [1.54, 1.807) is 0 Å². The van der Waals surface area contributed by atoms with E-state index in [4.69, 9.17) is 0 Å². The van der Waals surface area contributed by atoms with Gasteiger partial charge in [0, 0.05) is 19.5 Å². The van der Waals surface area contributed by atoms with E-state index < -0.39 is 0 Å². The fourth-order valence-corrected chi connectivity index (χ4v) is 1.89. The monoisotopic (exact) mass is 247 g/mol. The summed E-state index contributed by atoms with van der Waals surface area (Å²) in [7, 11) is 1.90. The van der Waals surface area contributed by atoms with Crippen LogP contribution < -0.4 is 0 Å². The summed E-state index contributed by atoms with van der Waals surface area (Å²) in [6.45, 7) is 6.35. The summed E-state index contributed by atoms with van der Waals surface area (Å²) in [6.07, 6.45) is 3.51. The van der Waals surface area contributed by atoms with Crippen molar-refractivity contribution in [3.05, 3.63) is 35.4 Å². The third kappa shape index (κ3) is 4.17. The second kappa shape index (κ2) is 7.20. The van der Waals surface area contributed by atoms with E-state index in [1.807, 2.05) is 11.9 Å². The number of carbonyl (C=O) groups excluding carboxylic acids is 1. The van der Waals surface area contributed by atoms with Crippen LogP contribution in [-0.4, -0.2) is 23.9 Å². The number of hydrogen-bond donors (Lipinski definition) is 0. The van der Waals surface area contributed by atoms with Crippen molar-refractivity contribution < 1.29 is 4.79 Å². The molecule has 1 atom stereocenters. The summed E-state index contributed by atoms with van der Waals surface area (Å²) >= 11 is 0. The molecule has 0 aliphatic rings. The highest BCUT2D eigenvalue weighted by Gasteiger charge is 2.13. The molecule has 18 heavy (non-hydrogen) atoms. The first-order valence-electron chi connectivity index (χ1n) is 6.91. The van der Waals surface area contributed by atoms with Gasteiger partial charge >= 0.3 is 0 Å². The molecule has 2 nitrogen and oxygen atoms in total. The van der Waals surface area contributed by atoms with Crippen LogP contribution >= 0.6 is 0 Å². The Morgan fingerprint density at radius 1 is 1.17 bits per heavy atom. The molecule has 0 aliphatic carbocycles. The number of carbonyl (C=O) groups is 1. The molecule has 0 saturated heterocycles. The number of amides is 1. The topological polar surface area (TPSA) is 20.3 Å². The van der Waals surface area contributed by atoms with E-state index in [2.05, 4.69) is 45.0 Å². The lowest BCUT2D eigenvalue weighted by molar-refractivity contribution is -0.131. The molecule has 0 spiro atoms. The second-order valence-electron chi connectivity index (χ2n) is 4.93. The van der Waals surface area contributed by atoms with Crippen LogP contribution in [0.2, 0.25) is 0 Å². The quantitative estimate of drug-likeness (QED) is 0.754. The second-order valence-corrected chi connectivity index (χ2v) is 4.93. The summed E-state index contributed by atoms with van der Waals surface area (Å²) in [4.78, 5) is 13.8. The Kier molecular flexibility index (Phi) is 5.90. The third-order valence-electron chi connectivity index (χ3n) is 3.70. The van der Waals surface area contributed by atoms with Gasteiger partial charge in [-0.25, -0.2) is 0 Å². The van der Waals surface area contributed by atoms with Gasteiger partial charge in [0.1, 0.15) is 0 Å². The Bertz CT molecular complexity index is 369. The minimum Gasteiger partial charge on any atom is -0.343 e. The molecule has 1 amide bonds. The lowest BCUT2D eigenvalue weighted by Crippen LogP contribution is -2.34. The zero-order valence-electron chi connectivity index (χ0n) is 12.1. The average Bonchev–Trinajstić information content (AvgIpc) is 2.43. The van der Waals surface area contributed by atoms with E-state index >= 15 is 0 Å². The number of hydrogen-bond acceptors (Lipinski definition) is 1. The first-order valence-corrected chi connectivity index (χ1v) is 6.91. The van der Waals surface area contributed by atoms with Crippen molar-refractivity contribution in [2.75, 3.05) is 7.05 Å². The van der Waals surface area contributed by atoms with Gasteiger partial charge in [-0.1, -0.05) is 38.1 Å². The van der Waals surface area contributed by atoms with Crippen molar-refractivity contribution >= 4 is 5.91 Å². The summed E-state index contributed by atoms with van der Waals surface area (Å²) < 4.78 is 0. The van der Waals surface area contributed by atoms with Gasteiger partial charge in [-0.3, -0.25) is 4.79 Å². The third-order valence-corrected chi connectivity index (χ3v) is 3.70. The maximum absolute atomic E-state index is 12.0. The SMILES string of the molecule is CCc1ccc(CCC(=O)N(C)C(C)CC)cc1. The van der Waals surface area contributed by atoms with Gasteiger partial charge in [0.15, 0.2) is 0 Å². The number of benzene rings is 1. The molecule has 0 radical (unpaired) electrons. The molecule has 0 bridgehead atoms. The highest BCUT2D eigenvalue weighted by atomic mass is 16.2. The lowest BCUT2D eigenvalue weighted by atomic mass is 10.1. The van der Waals surface area contributed by atoms with Crippen molar-refractivity contribution in [3.8, 4) is 0 Å². The summed E-state index contributed by atoms with van der Waals surface area (Å²) in [6, 6.07) is 8.90. The minimum absolute atomic E-state index is 0.240. The summed E-state index contributed by atoms with van der Waals surface area (Å²) in [5.41, 5.74) is 2.60. The normalized spacial score (nSPS) is 12.2. The first-order chi connectivity index (χ1) is 8.58. The fourth-order valence-electron chi connectivity index (χ4n) is 1.89. The first kappa shape index (κ1) is 14.7. The molecule has 2 heteroatoms. The number of aryl methyl sites for hydroxylation is 2. The van der Waals surface area contributed by atoms with Crippen molar-refractivity contribution in [1.29, 1.82) is 0 Å². The van der Waals surface area contributed by atoms with Gasteiger partial charge in [-0.05, 0) is 37.3 Å². The summed E-state index contributed by atoms with van der Waals surface area (Å²) in [5.74, 6) is 0.240. The number of rotatable bonds is 6.